The molecule has 0 aliphatic carbocycles. The van der Waals surface area contributed by atoms with Crippen molar-refractivity contribution >= 4 is 52.4 Å². The summed E-state index contributed by atoms with van der Waals surface area (Å²) >= 11 is 0. The maximum Gasteiger partial charge on any atom is 0.278 e. The van der Waals surface area contributed by atoms with Crippen molar-refractivity contribution in [3.05, 3.63) is 125 Å². The van der Waals surface area contributed by atoms with E-state index in [2.05, 4.69) is 22.7 Å². The highest BCUT2D eigenvalue weighted by atomic mass is 16.2. The number of nitrogens with one attached hydrogen (secondary N) is 2. The van der Waals surface area contributed by atoms with Crippen molar-refractivity contribution in [1.29, 1.82) is 0 Å². The van der Waals surface area contributed by atoms with Crippen LogP contribution in [0, 0.1) is 0 Å². The van der Waals surface area contributed by atoms with Crippen LogP contribution in [-0.4, -0.2) is 35.4 Å². The van der Waals surface area contributed by atoms with Gasteiger partial charge in [0.25, 0.3) is 29.5 Å². The van der Waals surface area contributed by atoms with Crippen LogP contribution < -0.4 is 20.7 Å². The van der Waals surface area contributed by atoms with Gasteiger partial charge in [-0.15, -0.1) is 0 Å². The van der Waals surface area contributed by atoms with Gasteiger partial charge in [0.05, 0.1) is 28.9 Å². The van der Waals surface area contributed by atoms with Crippen LogP contribution in [0.5, 0.6) is 0 Å². The third-order valence-electron chi connectivity index (χ3n) is 9.59. The second-order valence-electron chi connectivity index (χ2n) is 13.6. The van der Waals surface area contributed by atoms with Crippen LogP contribution in [0.4, 0.5) is 17.1 Å². The van der Waals surface area contributed by atoms with Gasteiger partial charge in [0.15, 0.2) is 0 Å². The fourth-order valence-electron chi connectivity index (χ4n) is 6.66. The molecule has 0 saturated carbocycles. The molecule has 2 aliphatic rings. The quantitative estimate of drug-likeness (QED) is 0.0884. The highest BCUT2D eigenvalue weighted by molar-refractivity contribution is 6.35. The van der Waals surface area contributed by atoms with Gasteiger partial charge in [0, 0.05) is 16.8 Å². The Kier molecular flexibility index (Phi) is 12.2. The Morgan fingerprint density at radius 2 is 1.34 bits per heavy atom. The lowest BCUT2D eigenvalue weighted by Crippen LogP contribution is -2.36. The van der Waals surface area contributed by atoms with E-state index in [0.717, 1.165) is 17.7 Å². The molecule has 272 valence electrons. The number of nitrogens with zero attached hydrogens (tertiary/aromatic N) is 3. The number of hydrazine groups is 1. The number of para-hydroxylation sites is 1. The molecule has 4 aromatic rings. The Hall–Kier alpha value is -5.90. The van der Waals surface area contributed by atoms with E-state index in [1.54, 1.807) is 36.4 Å². The molecule has 2 N–H and O–H groups in total. The molecule has 0 unspecified atom stereocenters. The van der Waals surface area contributed by atoms with Crippen molar-refractivity contribution in [2.45, 2.75) is 84.0 Å². The summed E-state index contributed by atoms with van der Waals surface area (Å²) in [7, 11) is 0. The monoisotopic (exact) mass is 711 g/mol. The second-order valence-corrected chi connectivity index (χ2v) is 13.6. The van der Waals surface area contributed by atoms with E-state index < -0.39 is 23.6 Å². The van der Waals surface area contributed by atoms with Crippen LogP contribution >= 0.6 is 0 Å². The van der Waals surface area contributed by atoms with Gasteiger partial charge < -0.3 is 5.32 Å². The SMILES string of the molecule is CCCCCCCCCCCCc1ccc(NC(=O)c2ccc3c(c2)C(=O)N(c2cccc(C(=O)N=C4CC(=O)N(c5ccccc5)N4)c2)C3=O)cc1. The molecule has 4 aromatic carbocycles. The van der Waals surface area contributed by atoms with E-state index >= 15 is 0 Å². The molecule has 2 aliphatic heterocycles. The number of rotatable bonds is 16. The summed E-state index contributed by atoms with van der Waals surface area (Å²) in [6.07, 6.45) is 13.9. The smallest absolute Gasteiger partial charge is 0.278 e. The number of unbranched alkanes of at least 4 members (excludes halogenated alkanes) is 9. The Morgan fingerprint density at radius 1 is 0.679 bits per heavy atom. The molecule has 0 radical (unpaired) electrons. The predicted molar refractivity (Wildman–Crippen MR) is 207 cm³/mol. The average Bonchev–Trinajstić information content (AvgIpc) is 3.67. The minimum Gasteiger partial charge on any atom is -0.322 e. The average molecular weight is 712 g/mol. The third kappa shape index (κ3) is 9.13. The normalized spacial score (nSPS) is 14.5. The summed E-state index contributed by atoms with van der Waals surface area (Å²) in [5.41, 5.74) is 6.17. The zero-order valence-electron chi connectivity index (χ0n) is 30.1. The van der Waals surface area contributed by atoms with Crippen LogP contribution in [0.3, 0.4) is 0 Å². The molecule has 1 fully saturated rings. The number of benzene rings is 4. The molecule has 1 saturated heterocycles. The van der Waals surface area contributed by atoms with E-state index in [-0.39, 0.29) is 46.1 Å². The molecule has 10 heteroatoms. The fraction of sp³-hybridized carbons (Fsp3) is 0.302. The Morgan fingerprint density at radius 3 is 2.06 bits per heavy atom. The van der Waals surface area contributed by atoms with Gasteiger partial charge in [-0.05, 0) is 79.1 Å². The van der Waals surface area contributed by atoms with Gasteiger partial charge in [0.2, 0.25) is 0 Å². The van der Waals surface area contributed by atoms with Crippen LogP contribution in [0.1, 0.15) is 125 Å². The maximum atomic E-state index is 13.6. The first-order valence-electron chi connectivity index (χ1n) is 18.6. The van der Waals surface area contributed by atoms with Crippen LogP contribution in [-0.2, 0) is 11.2 Å². The Bertz CT molecular complexity index is 2010. The van der Waals surface area contributed by atoms with E-state index in [9.17, 15) is 24.0 Å². The van der Waals surface area contributed by atoms with Gasteiger partial charge in [-0.3, -0.25) is 29.4 Å². The van der Waals surface area contributed by atoms with Crippen LogP contribution in [0.25, 0.3) is 0 Å². The molecule has 0 spiro atoms. The zero-order chi connectivity index (χ0) is 37.2. The molecule has 10 nitrogen and oxygen atoms in total. The summed E-state index contributed by atoms with van der Waals surface area (Å²) in [5.74, 6) is -2.28. The molecule has 53 heavy (non-hydrogen) atoms. The number of aryl methyl sites for hydroxylation is 1. The highest BCUT2D eigenvalue weighted by Gasteiger charge is 2.37. The standard InChI is InChI=1S/C43H45N5O5/c1-2-3-4-5-6-7-8-9-10-12-16-30-21-24-33(25-22-30)44-40(50)32-23-26-36-37(28-32)43(53)47(42(36)52)35-20-15-17-31(27-35)41(51)45-38-29-39(49)48(46-38)34-18-13-11-14-19-34/h11,13-15,17-28H,2-10,12,16,29H2,1H3,(H,44,50)(H,45,46,51). The molecular formula is C43H45N5O5. The molecule has 2 heterocycles. The number of amidine groups is 1. The molecular weight excluding hydrogens is 667 g/mol. The summed E-state index contributed by atoms with van der Waals surface area (Å²) < 4.78 is 0. The summed E-state index contributed by atoms with van der Waals surface area (Å²) in [6, 6.07) is 27.2. The Balaban J connectivity index is 1.02. The van der Waals surface area contributed by atoms with Crippen molar-refractivity contribution in [2.24, 2.45) is 4.99 Å². The number of aliphatic imine (C=N–C) groups is 1. The first kappa shape index (κ1) is 36.9. The lowest BCUT2D eigenvalue weighted by atomic mass is 10.0. The van der Waals surface area contributed by atoms with Crippen molar-refractivity contribution in [2.75, 3.05) is 15.2 Å². The van der Waals surface area contributed by atoms with E-state index in [0.29, 0.717) is 11.4 Å². The Labute approximate surface area is 310 Å². The minimum absolute atomic E-state index is 0.0839. The lowest BCUT2D eigenvalue weighted by Gasteiger charge is -2.15. The largest absolute Gasteiger partial charge is 0.322 e. The van der Waals surface area contributed by atoms with Crippen molar-refractivity contribution in [3.8, 4) is 0 Å². The summed E-state index contributed by atoms with van der Waals surface area (Å²) in [6.45, 7) is 2.25. The van der Waals surface area contributed by atoms with E-state index in [1.165, 1.54) is 98.7 Å². The van der Waals surface area contributed by atoms with E-state index in [4.69, 9.17) is 0 Å². The first-order chi connectivity index (χ1) is 25.8. The number of carbonyl (C=O) groups is 5. The molecule has 0 atom stereocenters. The van der Waals surface area contributed by atoms with E-state index in [1.807, 2.05) is 30.3 Å². The highest BCUT2D eigenvalue weighted by Crippen LogP contribution is 2.30. The topological polar surface area (TPSA) is 128 Å². The zero-order valence-corrected chi connectivity index (χ0v) is 30.1. The first-order valence-corrected chi connectivity index (χ1v) is 18.6. The summed E-state index contributed by atoms with van der Waals surface area (Å²) in [5, 5.41) is 4.22. The number of fused-ring (bicyclic) bond motifs is 1. The second kappa shape index (κ2) is 17.5. The number of hydrogen-bond donors (Lipinski definition) is 2. The van der Waals surface area contributed by atoms with Crippen LogP contribution in [0.15, 0.2) is 102 Å². The van der Waals surface area contributed by atoms with Gasteiger partial charge in [-0.1, -0.05) is 101 Å². The fourth-order valence-corrected chi connectivity index (χ4v) is 6.66. The number of imide groups is 1. The van der Waals surface area contributed by atoms with Gasteiger partial charge in [0.1, 0.15) is 5.84 Å². The molecule has 6 rings (SSSR count). The molecule has 0 bridgehead atoms. The van der Waals surface area contributed by atoms with Gasteiger partial charge >= 0.3 is 0 Å². The third-order valence-corrected chi connectivity index (χ3v) is 9.59. The van der Waals surface area contributed by atoms with Gasteiger partial charge in [-0.25, -0.2) is 9.91 Å². The number of carbonyl (C=O) groups excluding carboxylic acids is 5. The van der Waals surface area contributed by atoms with Crippen LogP contribution in [0.2, 0.25) is 0 Å². The van der Waals surface area contributed by atoms with Crippen molar-refractivity contribution in [3.63, 3.8) is 0 Å². The number of amides is 5. The summed E-state index contributed by atoms with van der Waals surface area (Å²) in [4.78, 5) is 70.9. The predicted octanol–water partition coefficient (Wildman–Crippen LogP) is 8.68. The van der Waals surface area contributed by atoms with Gasteiger partial charge in [-0.2, -0.15) is 4.99 Å². The molecule has 5 amide bonds. The number of hydrogen-bond acceptors (Lipinski definition) is 5. The number of anilines is 3. The maximum absolute atomic E-state index is 13.6. The lowest BCUT2D eigenvalue weighted by molar-refractivity contribution is -0.116. The molecule has 0 aromatic heterocycles. The minimum atomic E-state index is -0.639. The van der Waals surface area contributed by atoms with Crippen molar-refractivity contribution in [1.82, 2.24) is 5.43 Å². The van der Waals surface area contributed by atoms with Crippen molar-refractivity contribution < 1.29 is 24.0 Å².